The molecule has 1 saturated heterocycles. The molecule has 0 aromatic carbocycles. The van der Waals surface area contributed by atoms with Crippen molar-refractivity contribution in [2.75, 3.05) is 26.4 Å². The van der Waals surface area contributed by atoms with Crippen LogP contribution in [0.15, 0.2) is 0 Å². The van der Waals surface area contributed by atoms with Gasteiger partial charge in [-0.1, -0.05) is 26.2 Å². The normalized spacial score (nSPS) is 38.5. The fraction of sp³-hybridized carbons (Fsp3) is 1.00. The first-order valence-electron chi connectivity index (χ1n) is 7.28. The number of rotatable bonds is 4. The standard InChI is InChI=1S/C14H27NO2/c1-3-12-7-5-6-8-14(12)13(11-16-4-2)15-9-10-17-14/h12-13,15H,3-11H2,1-2H3. The van der Waals surface area contributed by atoms with Crippen LogP contribution in [0.4, 0.5) is 0 Å². The maximum absolute atomic E-state index is 6.28. The molecule has 0 amide bonds. The predicted molar refractivity (Wildman–Crippen MR) is 69.2 cm³/mol. The lowest BCUT2D eigenvalue weighted by Gasteiger charge is -2.51. The van der Waals surface area contributed by atoms with E-state index in [4.69, 9.17) is 9.47 Å². The Bertz CT molecular complexity index is 228. The van der Waals surface area contributed by atoms with Crippen LogP contribution in [0.3, 0.4) is 0 Å². The molecule has 1 N–H and O–H groups in total. The lowest BCUT2D eigenvalue weighted by atomic mass is 9.69. The Labute approximate surface area is 105 Å². The summed E-state index contributed by atoms with van der Waals surface area (Å²) in [5.41, 5.74) is 0.0560. The molecule has 0 aromatic heterocycles. The Balaban J connectivity index is 2.10. The zero-order valence-corrected chi connectivity index (χ0v) is 11.3. The Morgan fingerprint density at radius 3 is 3.00 bits per heavy atom. The van der Waals surface area contributed by atoms with Gasteiger partial charge in [-0.25, -0.2) is 0 Å². The number of hydrogen-bond donors (Lipinski definition) is 1. The third kappa shape index (κ3) is 2.67. The van der Waals surface area contributed by atoms with E-state index in [0.29, 0.717) is 12.0 Å². The maximum atomic E-state index is 6.28. The van der Waals surface area contributed by atoms with Crippen LogP contribution in [0.2, 0.25) is 0 Å². The summed E-state index contributed by atoms with van der Waals surface area (Å²) in [4.78, 5) is 0. The van der Waals surface area contributed by atoms with E-state index in [1.165, 1.54) is 32.1 Å². The van der Waals surface area contributed by atoms with Crippen LogP contribution in [0.5, 0.6) is 0 Å². The molecule has 1 heterocycles. The Morgan fingerprint density at radius 1 is 1.35 bits per heavy atom. The zero-order chi connectivity index (χ0) is 12.1. The van der Waals surface area contributed by atoms with Crippen LogP contribution in [0, 0.1) is 5.92 Å². The number of hydrogen-bond acceptors (Lipinski definition) is 3. The summed E-state index contributed by atoms with van der Waals surface area (Å²) >= 11 is 0. The molecule has 3 unspecified atom stereocenters. The molecular formula is C14H27NO2. The number of nitrogens with one attached hydrogen (secondary N) is 1. The number of morpholine rings is 1. The van der Waals surface area contributed by atoms with E-state index in [1.54, 1.807) is 0 Å². The number of ether oxygens (including phenoxy) is 2. The van der Waals surface area contributed by atoms with Gasteiger partial charge in [-0.05, 0) is 25.7 Å². The third-order valence-electron chi connectivity index (χ3n) is 4.50. The van der Waals surface area contributed by atoms with Gasteiger partial charge in [0, 0.05) is 13.2 Å². The van der Waals surface area contributed by atoms with Gasteiger partial charge in [0.05, 0.1) is 24.9 Å². The second-order valence-corrected chi connectivity index (χ2v) is 5.32. The van der Waals surface area contributed by atoms with Crippen molar-refractivity contribution < 1.29 is 9.47 Å². The second-order valence-electron chi connectivity index (χ2n) is 5.32. The van der Waals surface area contributed by atoms with Crippen molar-refractivity contribution >= 4 is 0 Å². The van der Waals surface area contributed by atoms with E-state index < -0.39 is 0 Å². The van der Waals surface area contributed by atoms with Crippen LogP contribution < -0.4 is 5.32 Å². The van der Waals surface area contributed by atoms with Gasteiger partial charge in [-0.2, -0.15) is 0 Å². The van der Waals surface area contributed by atoms with Gasteiger partial charge < -0.3 is 14.8 Å². The Morgan fingerprint density at radius 2 is 2.24 bits per heavy atom. The highest BCUT2D eigenvalue weighted by molar-refractivity contribution is 5.02. The third-order valence-corrected chi connectivity index (χ3v) is 4.50. The average molecular weight is 241 g/mol. The van der Waals surface area contributed by atoms with Crippen molar-refractivity contribution in [1.82, 2.24) is 5.32 Å². The first-order valence-corrected chi connectivity index (χ1v) is 7.28. The van der Waals surface area contributed by atoms with Gasteiger partial charge in [0.1, 0.15) is 0 Å². The van der Waals surface area contributed by atoms with E-state index in [2.05, 4.69) is 19.2 Å². The summed E-state index contributed by atoms with van der Waals surface area (Å²) in [6.45, 7) is 7.79. The summed E-state index contributed by atoms with van der Waals surface area (Å²) in [6, 6.07) is 0.390. The molecule has 1 spiro atoms. The van der Waals surface area contributed by atoms with Crippen LogP contribution in [-0.4, -0.2) is 38.0 Å². The molecule has 0 radical (unpaired) electrons. The minimum Gasteiger partial charge on any atom is -0.380 e. The minimum absolute atomic E-state index is 0.0560. The van der Waals surface area contributed by atoms with Crippen molar-refractivity contribution in [1.29, 1.82) is 0 Å². The summed E-state index contributed by atoms with van der Waals surface area (Å²) in [7, 11) is 0. The van der Waals surface area contributed by atoms with E-state index in [0.717, 1.165) is 26.4 Å². The molecule has 0 bridgehead atoms. The fourth-order valence-electron chi connectivity index (χ4n) is 3.62. The Kier molecular flexibility index (Phi) is 4.83. The van der Waals surface area contributed by atoms with Crippen molar-refractivity contribution in [3.8, 4) is 0 Å². The molecular weight excluding hydrogens is 214 g/mol. The molecule has 1 aliphatic carbocycles. The lowest BCUT2D eigenvalue weighted by Crippen LogP contribution is -2.64. The van der Waals surface area contributed by atoms with Crippen molar-refractivity contribution in [3.63, 3.8) is 0 Å². The summed E-state index contributed by atoms with van der Waals surface area (Å²) in [5.74, 6) is 0.703. The highest BCUT2D eigenvalue weighted by atomic mass is 16.5. The minimum atomic E-state index is 0.0560. The highest BCUT2D eigenvalue weighted by Crippen LogP contribution is 2.42. The van der Waals surface area contributed by atoms with Crippen LogP contribution in [-0.2, 0) is 9.47 Å². The quantitative estimate of drug-likeness (QED) is 0.819. The van der Waals surface area contributed by atoms with E-state index >= 15 is 0 Å². The van der Waals surface area contributed by atoms with Gasteiger partial charge in [0.25, 0.3) is 0 Å². The first-order chi connectivity index (χ1) is 8.33. The second kappa shape index (κ2) is 6.17. The first kappa shape index (κ1) is 13.3. The summed E-state index contributed by atoms with van der Waals surface area (Å²) < 4.78 is 11.9. The topological polar surface area (TPSA) is 30.5 Å². The summed E-state index contributed by atoms with van der Waals surface area (Å²) in [5, 5.41) is 3.63. The van der Waals surface area contributed by atoms with Crippen molar-refractivity contribution in [3.05, 3.63) is 0 Å². The van der Waals surface area contributed by atoms with Crippen LogP contribution in [0.1, 0.15) is 46.0 Å². The van der Waals surface area contributed by atoms with Gasteiger partial charge in [-0.3, -0.25) is 0 Å². The van der Waals surface area contributed by atoms with Gasteiger partial charge in [-0.15, -0.1) is 0 Å². The smallest absolute Gasteiger partial charge is 0.0885 e. The predicted octanol–water partition coefficient (Wildman–Crippen LogP) is 2.35. The summed E-state index contributed by atoms with van der Waals surface area (Å²) in [6.07, 6.45) is 6.42. The largest absolute Gasteiger partial charge is 0.380 e. The molecule has 0 aromatic rings. The maximum Gasteiger partial charge on any atom is 0.0885 e. The highest BCUT2D eigenvalue weighted by Gasteiger charge is 2.48. The van der Waals surface area contributed by atoms with E-state index in [-0.39, 0.29) is 5.60 Å². The fourth-order valence-corrected chi connectivity index (χ4v) is 3.62. The van der Waals surface area contributed by atoms with Crippen molar-refractivity contribution in [2.24, 2.45) is 5.92 Å². The van der Waals surface area contributed by atoms with Gasteiger partial charge >= 0.3 is 0 Å². The molecule has 1 aliphatic heterocycles. The molecule has 2 fully saturated rings. The SMILES string of the molecule is CCOCC1NCCOC12CCCCC2CC. The molecule has 2 rings (SSSR count). The van der Waals surface area contributed by atoms with E-state index in [1.807, 2.05) is 0 Å². The van der Waals surface area contributed by atoms with Gasteiger partial charge in [0.15, 0.2) is 0 Å². The molecule has 3 atom stereocenters. The Hall–Kier alpha value is -0.120. The lowest BCUT2D eigenvalue weighted by molar-refractivity contribution is -0.163. The monoisotopic (exact) mass is 241 g/mol. The molecule has 1 saturated carbocycles. The molecule has 2 aliphatic rings. The van der Waals surface area contributed by atoms with Crippen LogP contribution >= 0.6 is 0 Å². The van der Waals surface area contributed by atoms with Crippen LogP contribution in [0.25, 0.3) is 0 Å². The molecule has 17 heavy (non-hydrogen) atoms. The van der Waals surface area contributed by atoms with Crippen molar-refractivity contribution in [2.45, 2.75) is 57.6 Å². The molecule has 3 nitrogen and oxygen atoms in total. The zero-order valence-electron chi connectivity index (χ0n) is 11.3. The van der Waals surface area contributed by atoms with E-state index in [9.17, 15) is 0 Å². The van der Waals surface area contributed by atoms with Gasteiger partial charge in [0.2, 0.25) is 0 Å². The average Bonchev–Trinajstić information content (AvgIpc) is 2.38. The molecule has 100 valence electrons. The molecule has 3 heteroatoms.